The number of hydrogen-bond donors (Lipinski definition) is 0. The number of ether oxygens (including phenoxy) is 1. The van der Waals surface area contributed by atoms with Gasteiger partial charge in [-0.05, 0) is 55.7 Å². The molecule has 0 radical (unpaired) electrons. The first-order chi connectivity index (χ1) is 11.0. The second kappa shape index (κ2) is 7.21. The van der Waals surface area contributed by atoms with Gasteiger partial charge in [0.15, 0.2) is 0 Å². The molecular formula is C17H24BrNO3S. The number of sulfonamides is 1. The van der Waals surface area contributed by atoms with Crippen molar-refractivity contribution in [1.29, 1.82) is 0 Å². The topological polar surface area (TPSA) is 46.6 Å². The van der Waals surface area contributed by atoms with Crippen molar-refractivity contribution in [3.05, 3.63) is 33.8 Å². The molecule has 128 valence electrons. The van der Waals surface area contributed by atoms with Gasteiger partial charge in [-0.15, -0.1) is 0 Å². The summed E-state index contributed by atoms with van der Waals surface area (Å²) >= 11 is 3.54. The largest absolute Gasteiger partial charge is 0.381 e. The number of benzene rings is 1. The van der Waals surface area contributed by atoms with Crippen molar-refractivity contribution in [2.45, 2.75) is 43.8 Å². The SMILES string of the molecule is Cc1cc(C2CCN(S(=O)(=O)C3CCOCC3)CC2)ccc1Br. The average Bonchev–Trinajstić information content (AvgIpc) is 2.58. The summed E-state index contributed by atoms with van der Waals surface area (Å²) in [6.07, 6.45) is 3.08. The van der Waals surface area contributed by atoms with Gasteiger partial charge in [-0.2, -0.15) is 0 Å². The fraction of sp³-hybridized carbons (Fsp3) is 0.647. The van der Waals surface area contributed by atoms with E-state index >= 15 is 0 Å². The van der Waals surface area contributed by atoms with E-state index in [9.17, 15) is 8.42 Å². The lowest BCUT2D eigenvalue weighted by Gasteiger charge is -2.35. The van der Waals surface area contributed by atoms with E-state index in [-0.39, 0.29) is 5.25 Å². The zero-order chi connectivity index (χ0) is 16.4. The highest BCUT2D eigenvalue weighted by atomic mass is 79.9. The first-order valence-electron chi connectivity index (χ1n) is 8.31. The zero-order valence-corrected chi connectivity index (χ0v) is 15.9. The van der Waals surface area contributed by atoms with Crippen LogP contribution in [0.1, 0.15) is 42.7 Å². The van der Waals surface area contributed by atoms with Crippen molar-refractivity contribution >= 4 is 26.0 Å². The molecule has 3 rings (SSSR count). The van der Waals surface area contributed by atoms with Crippen LogP contribution in [0.4, 0.5) is 0 Å². The predicted molar refractivity (Wildman–Crippen MR) is 95.2 cm³/mol. The number of piperidine rings is 1. The zero-order valence-electron chi connectivity index (χ0n) is 13.5. The molecule has 0 saturated carbocycles. The van der Waals surface area contributed by atoms with Crippen LogP contribution in [0.3, 0.4) is 0 Å². The molecule has 1 aromatic rings. The monoisotopic (exact) mass is 401 g/mol. The molecule has 0 bridgehead atoms. The Morgan fingerprint density at radius 1 is 1.13 bits per heavy atom. The van der Waals surface area contributed by atoms with Crippen molar-refractivity contribution in [3.63, 3.8) is 0 Å². The summed E-state index contributed by atoms with van der Waals surface area (Å²) in [6.45, 7) is 4.51. The van der Waals surface area contributed by atoms with Crippen LogP contribution < -0.4 is 0 Å². The molecule has 23 heavy (non-hydrogen) atoms. The van der Waals surface area contributed by atoms with Crippen LogP contribution in [0, 0.1) is 6.92 Å². The lowest BCUT2D eigenvalue weighted by Crippen LogP contribution is -2.44. The maximum atomic E-state index is 12.7. The molecular weight excluding hydrogens is 378 g/mol. The molecule has 0 unspecified atom stereocenters. The van der Waals surface area contributed by atoms with Gasteiger partial charge in [0.25, 0.3) is 0 Å². The number of aryl methyl sites for hydroxylation is 1. The molecule has 0 N–H and O–H groups in total. The number of hydrogen-bond acceptors (Lipinski definition) is 3. The summed E-state index contributed by atoms with van der Waals surface area (Å²) in [5, 5.41) is -0.247. The Morgan fingerprint density at radius 3 is 2.39 bits per heavy atom. The third-order valence-electron chi connectivity index (χ3n) is 5.06. The quantitative estimate of drug-likeness (QED) is 0.778. The molecule has 6 heteroatoms. The fourth-order valence-corrected chi connectivity index (χ4v) is 5.73. The number of rotatable bonds is 3. The Hall–Kier alpha value is -0.430. The minimum Gasteiger partial charge on any atom is -0.381 e. The highest BCUT2D eigenvalue weighted by Crippen LogP contribution is 2.32. The van der Waals surface area contributed by atoms with Crippen LogP contribution in [0.15, 0.2) is 22.7 Å². The average molecular weight is 402 g/mol. The van der Waals surface area contributed by atoms with E-state index < -0.39 is 10.0 Å². The third kappa shape index (κ3) is 3.81. The van der Waals surface area contributed by atoms with Crippen molar-refractivity contribution in [3.8, 4) is 0 Å². The molecule has 1 aromatic carbocycles. The molecule has 4 nitrogen and oxygen atoms in total. The van der Waals surface area contributed by atoms with Crippen LogP contribution in [0.25, 0.3) is 0 Å². The molecule has 0 amide bonds. The van der Waals surface area contributed by atoms with Gasteiger partial charge in [-0.3, -0.25) is 0 Å². The van der Waals surface area contributed by atoms with Gasteiger partial charge in [-0.1, -0.05) is 28.1 Å². The lowest BCUT2D eigenvalue weighted by atomic mass is 9.89. The van der Waals surface area contributed by atoms with Crippen LogP contribution >= 0.6 is 15.9 Å². The predicted octanol–water partition coefficient (Wildman–Crippen LogP) is 3.45. The van der Waals surface area contributed by atoms with Gasteiger partial charge in [0, 0.05) is 30.8 Å². The summed E-state index contributed by atoms with van der Waals surface area (Å²) in [7, 11) is -3.16. The van der Waals surface area contributed by atoms with Crippen LogP contribution in [-0.4, -0.2) is 44.3 Å². The number of nitrogens with zero attached hydrogens (tertiary/aromatic N) is 1. The summed E-state index contributed by atoms with van der Waals surface area (Å²) in [4.78, 5) is 0. The highest BCUT2D eigenvalue weighted by Gasteiger charge is 2.35. The Kier molecular flexibility index (Phi) is 5.46. The fourth-order valence-electron chi connectivity index (χ4n) is 3.55. The van der Waals surface area contributed by atoms with Gasteiger partial charge >= 0.3 is 0 Å². The Labute approximate surface area is 147 Å². The Morgan fingerprint density at radius 2 is 1.78 bits per heavy atom. The van der Waals surface area contributed by atoms with E-state index in [0.717, 1.165) is 17.3 Å². The lowest BCUT2D eigenvalue weighted by molar-refractivity contribution is 0.0969. The van der Waals surface area contributed by atoms with Crippen molar-refractivity contribution < 1.29 is 13.2 Å². The van der Waals surface area contributed by atoms with Gasteiger partial charge in [-0.25, -0.2) is 12.7 Å². The van der Waals surface area contributed by atoms with Crippen LogP contribution in [-0.2, 0) is 14.8 Å². The molecule has 2 aliphatic rings. The second-order valence-electron chi connectivity index (χ2n) is 6.54. The minimum atomic E-state index is -3.16. The molecule has 2 aliphatic heterocycles. The van der Waals surface area contributed by atoms with Crippen molar-refractivity contribution in [2.24, 2.45) is 0 Å². The molecule has 2 saturated heterocycles. The summed E-state index contributed by atoms with van der Waals surface area (Å²) in [5.74, 6) is 0.461. The first kappa shape index (κ1) is 17.4. The van der Waals surface area contributed by atoms with E-state index in [1.54, 1.807) is 4.31 Å². The van der Waals surface area contributed by atoms with Crippen molar-refractivity contribution in [2.75, 3.05) is 26.3 Å². The summed E-state index contributed by atoms with van der Waals surface area (Å²) < 4.78 is 33.6. The van der Waals surface area contributed by atoms with Gasteiger partial charge < -0.3 is 4.74 Å². The van der Waals surface area contributed by atoms with E-state index in [2.05, 4.69) is 41.1 Å². The van der Waals surface area contributed by atoms with Crippen LogP contribution in [0.5, 0.6) is 0 Å². The summed E-state index contributed by atoms with van der Waals surface area (Å²) in [6, 6.07) is 6.47. The Balaban J connectivity index is 1.64. The third-order valence-corrected chi connectivity index (χ3v) is 8.35. The standard InChI is InChI=1S/C17H24BrNO3S/c1-13-12-15(2-3-17(13)18)14-4-8-19(9-5-14)23(20,21)16-6-10-22-11-7-16/h2-3,12,14,16H,4-11H2,1H3. The number of halogens is 1. The first-order valence-corrected chi connectivity index (χ1v) is 10.6. The van der Waals surface area contributed by atoms with E-state index in [1.165, 1.54) is 11.1 Å². The normalized spacial score (nSPS) is 22.3. The Bertz CT molecular complexity index is 648. The molecule has 2 fully saturated rings. The van der Waals surface area contributed by atoms with E-state index in [1.807, 2.05) is 0 Å². The molecule has 0 aromatic heterocycles. The van der Waals surface area contributed by atoms with Gasteiger partial charge in [0.1, 0.15) is 0 Å². The second-order valence-corrected chi connectivity index (χ2v) is 9.61. The van der Waals surface area contributed by atoms with Crippen LogP contribution in [0.2, 0.25) is 0 Å². The highest BCUT2D eigenvalue weighted by molar-refractivity contribution is 9.10. The minimum absolute atomic E-state index is 0.247. The molecule has 0 aliphatic carbocycles. The smallest absolute Gasteiger partial charge is 0.217 e. The maximum absolute atomic E-state index is 12.7. The molecule has 0 atom stereocenters. The van der Waals surface area contributed by atoms with Gasteiger partial charge in [0.05, 0.1) is 5.25 Å². The van der Waals surface area contributed by atoms with E-state index in [4.69, 9.17) is 4.74 Å². The maximum Gasteiger partial charge on any atom is 0.217 e. The van der Waals surface area contributed by atoms with Crippen molar-refractivity contribution in [1.82, 2.24) is 4.31 Å². The summed E-state index contributed by atoms with van der Waals surface area (Å²) in [5.41, 5.74) is 2.56. The van der Waals surface area contributed by atoms with E-state index in [0.29, 0.717) is 45.1 Å². The molecule has 0 spiro atoms. The van der Waals surface area contributed by atoms with Gasteiger partial charge in [0.2, 0.25) is 10.0 Å². The molecule has 2 heterocycles.